The number of rotatable bonds is 1. The predicted octanol–water partition coefficient (Wildman–Crippen LogP) is 0.641. The highest BCUT2D eigenvalue weighted by Gasteiger charge is 1.97. The zero-order chi connectivity index (χ0) is 6.85. The molecule has 2 N–H and O–H groups in total. The van der Waals surface area contributed by atoms with Gasteiger partial charge in [-0.1, -0.05) is 0 Å². The topological polar surface area (TPSA) is 43.8 Å². The first kappa shape index (κ1) is 6.77. The van der Waals surface area contributed by atoms with Crippen molar-refractivity contribution >= 4 is 15.9 Å². The predicted molar refractivity (Wildman–Crippen MR) is 38.8 cm³/mol. The van der Waals surface area contributed by atoms with E-state index in [9.17, 15) is 0 Å². The quantitative estimate of drug-likeness (QED) is 0.706. The average molecular weight is 190 g/mol. The van der Waals surface area contributed by atoms with Crippen LogP contribution in [0.2, 0.25) is 0 Å². The van der Waals surface area contributed by atoms with Crippen molar-refractivity contribution < 1.29 is 0 Å². The van der Waals surface area contributed by atoms with E-state index in [0.717, 1.165) is 10.4 Å². The number of halogens is 1. The van der Waals surface area contributed by atoms with Crippen molar-refractivity contribution in [2.24, 2.45) is 12.8 Å². The van der Waals surface area contributed by atoms with Gasteiger partial charge in [-0.25, -0.2) is 4.98 Å². The van der Waals surface area contributed by atoms with Gasteiger partial charge < -0.3 is 10.3 Å². The van der Waals surface area contributed by atoms with Crippen molar-refractivity contribution in [3.63, 3.8) is 0 Å². The van der Waals surface area contributed by atoms with E-state index in [-0.39, 0.29) is 0 Å². The molecule has 9 heavy (non-hydrogen) atoms. The molecule has 0 aromatic carbocycles. The van der Waals surface area contributed by atoms with Crippen molar-refractivity contribution in [2.45, 2.75) is 6.54 Å². The molecule has 4 heteroatoms. The molecule has 0 radical (unpaired) electrons. The van der Waals surface area contributed by atoms with Crippen LogP contribution in [0.25, 0.3) is 0 Å². The van der Waals surface area contributed by atoms with Gasteiger partial charge in [0, 0.05) is 19.8 Å². The third-order valence-electron chi connectivity index (χ3n) is 1.08. The number of imidazole rings is 1. The lowest BCUT2D eigenvalue weighted by molar-refractivity contribution is 0.881. The van der Waals surface area contributed by atoms with Gasteiger partial charge in [0.1, 0.15) is 0 Å². The van der Waals surface area contributed by atoms with Crippen LogP contribution < -0.4 is 5.73 Å². The maximum absolute atomic E-state index is 5.34. The number of nitrogens with zero attached hydrogens (tertiary/aromatic N) is 2. The molecule has 50 valence electrons. The molecule has 0 bridgehead atoms. The minimum absolute atomic E-state index is 0.499. The third-order valence-corrected chi connectivity index (χ3v) is 1.82. The van der Waals surface area contributed by atoms with E-state index in [2.05, 4.69) is 20.9 Å². The number of nitrogens with two attached hydrogens (primary N) is 1. The lowest BCUT2D eigenvalue weighted by Crippen LogP contribution is -1.95. The van der Waals surface area contributed by atoms with Crippen LogP contribution >= 0.6 is 15.9 Å². The Balaban J connectivity index is 2.98. The molecule has 3 nitrogen and oxygen atoms in total. The lowest BCUT2D eigenvalue weighted by atomic mass is 10.5. The number of aromatic nitrogens is 2. The van der Waals surface area contributed by atoms with Gasteiger partial charge in [0.25, 0.3) is 0 Å². The van der Waals surface area contributed by atoms with E-state index in [4.69, 9.17) is 5.73 Å². The van der Waals surface area contributed by atoms with Crippen LogP contribution in [0.3, 0.4) is 0 Å². The molecule has 1 aromatic rings. The van der Waals surface area contributed by atoms with Crippen molar-refractivity contribution in [1.82, 2.24) is 9.55 Å². The Morgan fingerprint density at radius 3 is 2.78 bits per heavy atom. The summed E-state index contributed by atoms with van der Waals surface area (Å²) >= 11 is 3.25. The Bertz CT molecular complexity index is 186. The SMILES string of the molecule is Cn1cc(CN)nc1Br. The third kappa shape index (κ3) is 1.31. The molecule has 0 atom stereocenters. The van der Waals surface area contributed by atoms with E-state index < -0.39 is 0 Å². The fourth-order valence-corrected chi connectivity index (χ4v) is 0.932. The molecule has 0 fully saturated rings. The Kier molecular flexibility index (Phi) is 1.87. The zero-order valence-electron chi connectivity index (χ0n) is 5.13. The first-order valence-electron chi connectivity index (χ1n) is 2.62. The normalized spacial score (nSPS) is 10.1. The second kappa shape index (κ2) is 2.49. The number of hydrogen-bond donors (Lipinski definition) is 1. The Labute approximate surface area is 62.0 Å². The van der Waals surface area contributed by atoms with Gasteiger partial charge >= 0.3 is 0 Å². The standard InChI is InChI=1S/C5H8BrN3/c1-9-3-4(2-7)8-5(9)6/h3H,2,7H2,1H3. The Hall–Kier alpha value is -0.350. The van der Waals surface area contributed by atoms with Gasteiger partial charge in [-0.3, -0.25) is 0 Å². The Morgan fingerprint density at radius 1 is 1.89 bits per heavy atom. The molecule has 0 saturated heterocycles. The molecule has 0 aliphatic heterocycles. The van der Waals surface area contributed by atoms with Crippen molar-refractivity contribution in [1.29, 1.82) is 0 Å². The van der Waals surface area contributed by atoms with Gasteiger partial charge in [-0.05, 0) is 15.9 Å². The summed E-state index contributed by atoms with van der Waals surface area (Å²) in [6, 6.07) is 0. The molecule has 1 aromatic heterocycles. The van der Waals surface area contributed by atoms with Crippen molar-refractivity contribution in [3.8, 4) is 0 Å². The van der Waals surface area contributed by atoms with Gasteiger partial charge in [0.15, 0.2) is 4.73 Å². The number of aryl methyl sites for hydroxylation is 1. The molecule has 0 spiro atoms. The van der Waals surface area contributed by atoms with E-state index >= 15 is 0 Å². The van der Waals surface area contributed by atoms with E-state index in [0.29, 0.717) is 6.54 Å². The van der Waals surface area contributed by atoms with Gasteiger partial charge in [-0.15, -0.1) is 0 Å². The minimum atomic E-state index is 0.499. The van der Waals surface area contributed by atoms with Crippen LogP contribution in [-0.2, 0) is 13.6 Å². The summed E-state index contributed by atoms with van der Waals surface area (Å²) in [5, 5.41) is 0. The summed E-state index contributed by atoms with van der Waals surface area (Å²) < 4.78 is 2.70. The molecular formula is C5H8BrN3. The molecule has 1 heterocycles. The fourth-order valence-electron chi connectivity index (χ4n) is 0.601. The molecule has 0 amide bonds. The van der Waals surface area contributed by atoms with Gasteiger partial charge in [0.2, 0.25) is 0 Å². The molecular weight excluding hydrogens is 182 g/mol. The fraction of sp³-hybridized carbons (Fsp3) is 0.400. The monoisotopic (exact) mass is 189 g/mol. The van der Waals surface area contributed by atoms with Crippen LogP contribution in [0.1, 0.15) is 5.69 Å². The van der Waals surface area contributed by atoms with E-state index in [1.165, 1.54) is 0 Å². The molecule has 1 rings (SSSR count). The van der Waals surface area contributed by atoms with Crippen LogP contribution in [0.5, 0.6) is 0 Å². The Morgan fingerprint density at radius 2 is 2.56 bits per heavy atom. The highest BCUT2D eigenvalue weighted by molar-refractivity contribution is 9.10. The molecule has 0 aliphatic carbocycles. The van der Waals surface area contributed by atoms with E-state index in [1.54, 1.807) is 0 Å². The summed E-state index contributed by atoms with van der Waals surface area (Å²) in [4.78, 5) is 4.08. The largest absolute Gasteiger partial charge is 0.328 e. The van der Waals surface area contributed by atoms with Crippen molar-refractivity contribution in [3.05, 3.63) is 16.6 Å². The molecule has 0 saturated carbocycles. The lowest BCUT2D eigenvalue weighted by Gasteiger charge is -1.85. The maximum atomic E-state index is 5.34. The van der Waals surface area contributed by atoms with Gasteiger partial charge in [-0.2, -0.15) is 0 Å². The molecule has 0 aliphatic rings. The number of hydrogen-bond acceptors (Lipinski definition) is 2. The smallest absolute Gasteiger partial charge is 0.177 e. The highest BCUT2D eigenvalue weighted by atomic mass is 79.9. The second-order valence-electron chi connectivity index (χ2n) is 1.82. The average Bonchev–Trinajstić information content (AvgIpc) is 2.13. The summed E-state index contributed by atoms with van der Waals surface area (Å²) in [6.45, 7) is 0.499. The summed E-state index contributed by atoms with van der Waals surface area (Å²) in [5.74, 6) is 0. The highest BCUT2D eigenvalue weighted by Crippen LogP contribution is 2.06. The maximum Gasteiger partial charge on any atom is 0.177 e. The molecule has 0 unspecified atom stereocenters. The zero-order valence-corrected chi connectivity index (χ0v) is 6.72. The summed E-state index contributed by atoms with van der Waals surface area (Å²) in [7, 11) is 1.91. The van der Waals surface area contributed by atoms with E-state index in [1.807, 2.05) is 17.8 Å². The van der Waals surface area contributed by atoms with Crippen molar-refractivity contribution in [2.75, 3.05) is 0 Å². The second-order valence-corrected chi connectivity index (χ2v) is 2.53. The van der Waals surface area contributed by atoms with Crippen LogP contribution in [0, 0.1) is 0 Å². The van der Waals surface area contributed by atoms with Gasteiger partial charge in [0.05, 0.1) is 5.69 Å². The van der Waals surface area contributed by atoms with Crippen LogP contribution in [0.15, 0.2) is 10.9 Å². The summed E-state index contributed by atoms with van der Waals surface area (Å²) in [5.41, 5.74) is 6.24. The minimum Gasteiger partial charge on any atom is -0.328 e. The first-order chi connectivity index (χ1) is 4.24. The summed E-state index contributed by atoms with van der Waals surface area (Å²) in [6.07, 6.45) is 1.89. The van der Waals surface area contributed by atoms with Crippen LogP contribution in [0.4, 0.5) is 0 Å². The first-order valence-corrected chi connectivity index (χ1v) is 3.41. The van der Waals surface area contributed by atoms with Crippen LogP contribution in [-0.4, -0.2) is 9.55 Å².